The molecule has 4 aromatic rings. The van der Waals surface area contributed by atoms with Gasteiger partial charge < -0.3 is 19.7 Å². The minimum atomic E-state index is 0.564. The first kappa shape index (κ1) is 20.2. The standard InChI is InChI=1S/C27H30N6/c1-28-22-18-24(19-22)33-13-11-21-7-10-26(30-27(21)33)32-16-14-31(15-17-32)23-8-5-20(6-9-23)25-4-2-3-12-29-25/h2-13,22,24,28H,14-19H2,1H3. The summed E-state index contributed by atoms with van der Waals surface area (Å²) < 4.78 is 2.38. The van der Waals surface area contributed by atoms with Gasteiger partial charge in [0, 0.05) is 67.3 Å². The van der Waals surface area contributed by atoms with Crippen molar-refractivity contribution in [2.45, 2.75) is 24.9 Å². The molecule has 1 aliphatic carbocycles. The van der Waals surface area contributed by atoms with Gasteiger partial charge in [0.25, 0.3) is 0 Å². The molecule has 0 unspecified atom stereocenters. The Hall–Kier alpha value is -3.38. The molecule has 1 N–H and O–H groups in total. The van der Waals surface area contributed by atoms with Gasteiger partial charge >= 0.3 is 0 Å². The molecule has 33 heavy (non-hydrogen) atoms. The monoisotopic (exact) mass is 438 g/mol. The fourth-order valence-corrected chi connectivity index (χ4v) is 5.11. The number of pyridine rings is 2. The predicted octanol–water partition coefficient (Wildman–Crippen LogP) is 4.35. The second-order valence-electron chi connectivity index (χ2n) is 9.15. The van der Waals surface area contributed by atoms with Crippen molar-refractivity contribution in [3.63, 3.8) is 0 Å². The number of hydrogen-bond donors (Lipinski definition) is 1. The SMILES string of the molecule is CNC1CC(n2ccc3ccc(N4CCN(c5ccc(-c6ccccn6)cc5)CC4)nc32)C1. The van der Waals surface area contributed by atoms with Gasteiger partial charge in [0.1, 0.15) is 11.5 Å². The number of rotatable bonds is 5. The minimum Gasteiger partial charge on any atom is -0.368 e. The van der Waals surface area contributed by atoms with Crippen LogP contribution in [0.5, 0.6) is 0 Å². The maximum absolute atomic E-state index is 5.10. The highest BCUT2D eigenvalue weighted by Gasteiger charge is 2.30. The van der Waals surface area contributed by atoms with Gasteiger partial charge in [0.15, 0.2) is 0 Å². The molecule has 1 saturated carbocycles. The molecule has 3 aromatic heterocycles. The summed E-state index contributed by atoms with van der Waals surface area (Å²) in [6, 6.07) is 22.6. The maximum atomic E-state index is 5.10. The molecule has 168 valence electrons. The molecule has 0 radical (unpaired) electrons. The average molecular weight is 439 g/mol. The van der Waals surface area contributed by atoms with Crippen LogP contribution in [0, 0.1) is 0 Å². The molecule has 0 bridgehead atoms. The zero-order valence-corrected chi connectivity index (χ0v) is 19.1. The van der Waals surface area contributed by atoms with E-state index in [0.717, 1.165) is 48.9 Å². The van der Waals surface area contributed by atoms with Crippen molar-refractivity contribution in [2.75, 3.05) is 43.0 Å². The average Bonchev–Trinajstić information content (AvgIpc) is 3.27. The van der Waals surface area contributed by atoms with Crippen LogP contribution in [0.3, 0.4) is 0 Å². The lowest BCUT2D eigenvalue weighted by atomic mass is 9.87. The summed E-state index contributed by atoms with van der Waals surface area (Å²) in [5, 5.41) is 4.62. The molecule has 1 saturated heterocycles. The van der Waals surface area contributed by atoms with Crippen molar-refractivity contribution in [1.82, 2.24) is 19.9 Å². The van der Waals surface area contributed by atoms with E-state index >= 15 is 0 Å². The first-order valence-electron chi connectivity index (χ1n) is 11.9. The van der Waals surface area contributed by atoms with Gasteiger partial charge in [-0.05, 0) is 62.4 Å². The van der Waals surface area contributed by atoms with E-state index in [9.17, 15) is 0 Å². The van der Waals surface area contributed by atoms with Crippen LogP contribution in [0.25, 0.3) is 22.3 Å². The van der Waals surface area contributed by atoms with E-state index in [1.165, 1.54) is 23.9 Å². The summed E-state index contributed by atoms with van der Waals surface area (Å²) in [6.45, 7) is 3.95. The van der Waals surface area contributed by atoms with Crippen molar-refractivity contribution in [3.05, 3.63) is 73.1 Å². The molecule has 1 aromatic carbocycles. The number of fused-ring (bicyclic) bond motifs is 1. The molecule has 0 atom stereocenters. The number of anilines is 2. The summed E-state index contributed by atoms with van der Waals surface area (Å²) >= 11 is 0. The summed E-state index contributed by atoms with van der Waals surface area (Å²) in [5.41, 5.74) is 4.57. The number of benzene rings is 1. The number of nitrogens with zero attached hydrogens (tertiary/aromatic N) is 5. The summed E-state index contributed by atoms with van der Waals surface area (Å²) in [4.78, 5) is 14.4. The highest BCUT2D eigenvalue weighted by atomic mass is 15.3. The Kier molecular flexibility index (Phi) is 5.23. The Bertz CT molecular complexity index is 1220. The van der Waals surface area contributed by atoms with E-state index in [-0.39, 0.29) is 0 Å². The van der Waals surface area contributed by atoms with Crippen LogP contribution < -0.4 is 15.1 Å². The smallest absolute Gasteiger partial charge is 0.142 e. The summed E-state index contributed by atoms with van der Waals surface area (Å²) in [5.74, 6) is 1.09. The largest absolute Gasteiger partial charge is 0.368 e. The normalized spacial score (nSPS) is 20.8. The molecule has 1 aliphatic heterocycles. The summed E-state index contributed by atoms with van der Waals surface area (Å²) in [6.07, 6.45) is 6.43. The van der Waals surface area contributed by atoms with Crippen molar-refractivity contribution in [1.29, 1.82) is 0 Å². The van der Waals surface area contributed by atoms with Gasteiger partial charge in [-0.2, -0.15) is 0 Å². The molecule has 2 fully saturated rings. The van der Waals surface area contributed by atoms with Crippen LogP contribution in [0.4, 0.5) is 11.5 Å². The van der Waals surface area contributed by atoms with Crippen LogP contribution in [0.15, 0.2) is 73.1 Å². The van der Waals surface area contributed by atoms with Gasteiger partial charge in [-0.1, -0.05) is 18.2 Å². The van der Waals surface area contributed by atoms with Crippen LogP contribution in [-0.2, 0) is 0 Å². The Balaban J connectivity index is 1.13. The van der Waals surface area contributed by atoms with Crippen molar-refractivity contribution in [3.8, 4) is 11.3 Å². The third-order valence-electron chi connectivity index (χ3n) is 7.26. The minimum absolute atomic E-state index is 0.564. The molecule has 6 rings (SSSR count). The number of hydrogen-bond acceptors (Lipinski definition) is 5. The van der Waals surface area contributed by atoms with E-state index in [2.05, 4.69) is 86.4 Å². The second kappa shape index (κ2) is 8.52. The Morgan fingerprint density at radius 3 is 2.36 bits per heavy atom. The third-order valence-corrected chi connectivity index (χ3v) is 7.26. The van der Waals surface area contributed by atoms with E-state index < -0.39 is 0 Å². The Morgan fingerprint density at radius 2 is 1.64 bits per heavy atom. The number of aromatic nitrogens is 3. The molecular weight excluding hydrogens is 408 g/mol. The predicted molar refractivity (Wildman–Crippen MR) is 135 cm³/mol. The first-order valence-corrected chi connectivity index (χ1v) is 11.9. The van der Waals surface area contributed by atoms with Crippen molar-refractivity contribution < 1.29 is 0 Å². The zero-order valence-electron chi connectivity index (χ0n) is 19.1. The van der Waals surface area contributed by atoms with Gasteiger partial charge in [0.2, 0.25) is 0 Å². The lowest BCUT2D eigenvalue weighted by Crippen LogP contribution is -2.46. The molecular formula is C27H30N6. The van der Waals surface area contributed by atoms with Crippen molar-refractivity contribution >= 4 is 22.5 Å². The molecule has 6 nitrogen and oxygen atoms in total. The number of piperazine rings is 1. The van der Waals surface area contributed by atoms with Gasteiger partial charge in [-0.3, -0.25) is 4.98 Å². The molecule has 2 aliphatic rings. The van der Waals surface area contributed by atoms with Crippen molar-refractivity contribution in [2.24, 2.45) is 0 Å². The van der Waals surface area contributed by atoms with Crippen LogP contribution in [0.2, 0.25) is 0 Å². The van der Waals surface area contributed by atoms with E-state index in [1.807, 2.05) is 18.3 Å². The molecule has 0 amide bonds. The zero-order chi connectivity index (χ0) is 22.2. The summed E-state index contributed by atoms with van der Waals surface area (Å²) in [7, 11) is 2.06. The van der Waals surface area contributed by atoms with Gasteiger partial charge in [0.05, 0.1) is 5.69 Å². The third kappa shape index (κ3) is 3.85. The van der Waals surface area contributed by atoms with E-state index in [1.54, 1.807) is 0 Å². The Morgan fingerprint density at radius 1 is 0.848 bits per heavy atom. The molecule has 6 heteroatoms. The lowest BCUT2D eigenvalue weighted by Gasteiger charge is -2.37. The maximum Gasteiger partial charge on any atom is 0.142 e. The fraction of sp³-hybridized carbons (Fsp3) is 0.333. The van der Waals surface area contributed by atoms with Crippen LogP contribution in [-0.4, -0.2) is 53.8 Å². The second-order valence-corrected chi connectivity index (χ2v) is 9.15. The number of nitrogens with one attached hydrogen (secondary N) is 1. The van der Waals surface area contributed by atoms with Crippen LogP contribution >= 0.6 is 0 Å². The lowest BCUT2D eigenvalue weighted by molar-refractivity contribution is 0.240. The molecule has 4 heterocycles. The fourth-order valence-electron chi connectivity index (χ4n) is 5.11. The first-order chi connectivity index (χ1) is 16.3. The topological polar surface area (TPSA) is 49.2 Å². The van der Waals surface area contributed by atoms with Gasteiger partial charge in [-0.25, -0.2) is 4.98 Å². The van der Waals surface area contributed by atoms with E-state index in [4.69, 9.17) is 4.98 Å². The van der Waals surface area contributed by atoms with Gasteiger partial charge in [-0.15, -0.1) is 0 Å². The van der Waals surface area contributed by atoms with Crippen LogP contribution in [0.1, 0.15) is 18.9 Å². The highest BCUT2D eigenvalue weighted by Crippen LogP contribution is 2.35. The Labute approximate surface area is 194 Å². The van der Waals surface area contributed by atoms with E-state index in [0.29, 0.717) is 12.1 Å². The quantitative estimate of drug-likeness (QED) is 0.502. The molecule has 0 spiro atoms. The highest BCUT2D eigenvalue weighted by molar-refractivity contribution is 5.78.